The van der Waals surface area contributed by atoms with Crippen LogP contribution >= 0.6 is 11.8 Å². The maximum atomic E-state index is 10.2. The van der Waals surface area contributed by atoms with E-state index < -0.39 is 12.1 Å². The quantitative estimate of drug-likeness (QED) is 0.660. The molecule has 0 saturated carbocycles. The molecule has 2 N–H and O–H groups in total. The summed E-state index contributed by atoms with van der Waals surface area (Å²) in [6.07, 6.45) is 0.215. The zero-order chi connectivity index (χ0) is 8.27. The molecule has 1 rings (SSSR count). The minimum absolute atomic E-state index is 0.106. The average molecular weight is 176 g/mol. The summed E-state index contributed by atoms with van der Waals surface area (Å²) in [7, 11) is 0. The molecular weight excluding hydrogens is 164 g/mol. The van der Waals surface area contributed by atoms with Crippen LogP contribution in [-0.2, 0) is 4.79 Å². The highest BCUT2D eigenvalue weighted by Gasteiger charge is 2.25. The van der Waals surface area contributed by atoms with Crippen molar-refractivity contribution in [3.8, 4) is 0 Å². The van der Waals surface area contributed by atoms with Crippen molar-refractivity contribution in [2.24, 2.45) is 5.92 Å². The predicted octanol–water partition coefficient (Wildman–Crippen LogP) is 0.575. The van der Waals surface area contributed by atoms with Gasteiger partial charge in [-0.05, 0) is 23.8 Å². The zero-order valence-corrected chi connectivity index (χ0v) is 7.01. The SMILES string of the molecule is O=C(O)C[C@@H](O)C1CCSC1. The van der Waals surface area contributed by atoms with E-state index >= 15 is 0 Å². The first-order valence-corrected chi connectivity index (χ1v) is 4.83. The third kappa shape index (κ3) is 2.71. The minimum atomic E-state index is -0.908. The van der Waals surface area contributed by atoms with Crippen LogP contribution in [0, 0.1) is 5.92 Å². The Morgan fingerprint density at radius 1 is 1.73 bits per heavy atom. The number of aliphatic hydroxyl groups is 1. The lowest BCUT2D eigenvalue weighted by Crippen LogP contribution is -2.23. The third-order valence-corrected chi connectivity index (χ3v) is 3.08. The largest absolute Gasteiger partial charge is 0.481 e. The number of hydrogen-bond donors (Lipinski definition) is 2. The molecule has 0 radical (unpaired) electrons. The van der Waals surface area contributed by atoms with Crippen LogP contribution in [0.25, 0.3) is 0 Å². The molecule has 4 heteroatoms. The number of rotatable bonds is 3. The van der Waals surface area contributed by atoms with Crippen molar-refractivity contribution in [3.63, 3.8) is 0 Å². The molecule has 1 heterocycles. The number of carboxylic acid groups (broad SMARTS) is 1. The Bertz CT molecular complexity index is 143. The van der Waals surface area contributed by atoms with Gasteiger partial charge in [-0.25, -0.2) is 0 Å². The van der Waals surface area contributed by atoms with Crippen LogP contribution in [0.5, 0.6) is 0 Å². The molecule has 0 aromatic heterocycles. The van der Waals surface area contributed by atoms with Crippen LogP contribution in [0.3, 0.4) is 0 Å². The Morgan fingerprint density at radius 2 is 2.45 bits per heavy atom. The van der Waals surface area contributed by atoms with Gasteiger partial charge in [0.05, 0.1) is 12.5 Å². The van der Waals surface area contributed by atoms with E-state index in [1.165, 1.54) is 0 Å². The summed E-state index contributed by atoms with van der Waals surface area (Å²) in [4.78, 5) is 10.2. The second-order valence-electron chi connectivity index (χ2n) is 2.79. The summed E-state index contributed by atoms with van der Waals surface area (Å²) < 4.78 is 0. The highest BCUT2D eigenvalue weighted by molar-refractivity contribution is 7.99. The van der Waals surface area contributed by atoms with Gasteiger partial charge in [0.1, 0.15) is 0 Å². The molecule has 0 aromatic rings. The lowest BCUT2D eigenvalue weighted by Gasteiger charge is -2.13. The smallest absolute Gasteiger partial charge is 0.305 e. The number of thioether (sulfide) groups is 1. The van der Waals surface area contributed by atoms with Crippen LogP contribution in [0.15, 0.2) is 0 Å². The van der Waals surface area contributed by atoms with E-state index in [9.17, 15) is 9.90 Å². The van der Waals surface area contributed by atoms with E-state index in [0.29, 0.717) is 0 Å². The Hall–Kier alpha value is -0.220. The molecule has 3 nitrogen and oxygen atoms in total. The van der Waals surface area contributed by atoms with Crippen molar-refractivity contribution in [2.75, 3.05) is 11.5 Å². The highest BCUT2D eigenvalue weighted by Crippen LogP contribution is 2.27. The van der Waals surface area contributed by atoms with Gasteiger partial charge in [-0.2, -0.15) is 11.8 Å². The zero-order valence-electron chi connectivity index (χ0n) is 6.19. The van der Waals surface area contributed by atoms with Crippen LogP contribution in [0.1, 0.15) is 12.8 Å². The lowest BCUT2D eigenvalue weighted by atomic mass is 10.00. The van der Waals surface area contributed by atoms with Crippen LogP contribution in [0.2, 0.25) is 0 Å². The second kappa shape index (κ2) is 3.97. The summed E-state index contributed by atoms with van der Waals surface area (Å²) in [6.45, 7) is 0. The van der Waals surface area contributed by atoms with Crippen molar-refractivity contribution in [2.45, 2.75) is 18.9 Å². The number of hydrogen-bond acceptors (Lipinski definition) is 3. The van der Waals surface area contributed by atoms with Gasteiger partial charge >= 0.3 is 5.97 Å². The van der Waals surface area contributed by atoms with Gasteiger partial charge in [-0.15, -0.1) is 0 Å². The molecule has 64 valence electrons. The Balaban J connectivity index is 2.28. The van der Waals surface area contributed by atoms with Gasteiger partial charge in [-0.3, -0.25) is 4.79 Å². The first-order chi connectivity index (χ1) is 5.20. The summed E-state index contributed by atoms with van der Waals surface area (Å²) in [6, 6.07) is 0. The Kier molecular flexibility index (Phi) is 3.20. The summed E-state index contributed by atoms with van der Waals surface area (Å²) in [5, 5.41) is 17.7. The highest BCUT2D eigenvalue weighted by atomic mass is 32.2. The summed E-state index contributed by atoms with van der Waals surface area (Å²) >= 11 is 1.78. The molecule has 1 saturated heterocycles. The van der Waals surface area contributed by atoms with E-state index in [1.807, 2.05) is 0 Å². The number of carboxylic acids is 1. The molecule has 1 fully saturated rings. The van der Waals surface area contributed by atoms with E-state index in [-0.39, 0.29) is 12.3 Å². The van der Waals surface area contributed by atoms with Crippen molar-refractivity contribution in [1.82, 2.24) is 0 Å². The minimum Gasteiger partial charge on any atom is -0.481 e. The van der Waals surface area contributed by atoms with Gasteiger partial charge in [0.15, 0.2) is 0 Å². The standard InChI is InChI=1S/C7H12O3S/c8-6(3-7(9)10)5-1-2-11-4-5/h5-6,8H,1-4H2,(H,9,10)/t5?,6-/m1/s1. The molecule has 0 bridgehead atoms. The van der Waals surface area contributed by atoms with E-state index in [1.54, 1.807) is 11.8 Å². The Morgan fingerprint density at radius 3 is 2.91 bits per heavy atom. The third-order valence-electron chi connectivity index (χ3n) is 1.89. The molecule has 1 aliphatic heterocycles. The second-order valence-corrected chi connectivity index (χ2v) is 3.94. The summed E-state index contributed by atoms with van der Waals surface area (Å²) in [5.74, 6) is 1.26. The van der Waals surface area contributed by atoms with Crippen molar-refractivity contribution in [3.05, 3.63) is 0 Å². The van der Waals surface area contributed by atoms with Gasteiger partial charge in [0.25, 0.3) is 0 Å². The van der Waals surface area contributed by atoms with E-state index in [4.69, 9.17) is 5.11 Å². The number of aliphatic hydroxyl groups excluding tert-OH is 1. The normalized spacial score (nSPS) is 26.8. The van der Waals surface area contributed by atoms with Crippen molar-refractivity contribution >= 4 is 17.7 Å². The molecule has 2 atom stereocenters. The average Bonchev–Trinajstić information content (AvgIpc) is 2.35. The number of carbonyl (C=O) groups is 1. The van der Waals surface area contributed by atoms with Gasteiger partial charge < -0.3 is 10.2 Å². The maximum absolute atomic E-state index is 10.2. The van der Waals surface area contributed by atoms with E-state index in [0.717, 1.165) is 17.9 Å². The monoisotopic (exact) mass is 176 g/mol. The lowest BCUT2D eigenvalue weighted by molar-refractivity contribution is -0.139. The van der Waals surface area contributed by atoms with Crippen molar-refractivity contribution < 1.29 is 15.0 Å². The fraction of sp³-hybridized carbons (Fsp3) is 0.857. The molecule has 0 amide bonds. The molecule has 0 aromatic carbocycles. The first kappa shape index (κ1) is 8.87. The Labute approximate surface area is 69.8 Å². The molecule has 0 aliphatic carbocycles. The van der Waals surface area contributed by atoms with Crippen LogP contribution < -0.4 is 0 Å². The van der Waals surface area contributed by atoms with Crippen LogP contribution in [0.4, 0.5) is 0 Å². The number of aliphatic carboxylic acids is 1. The van der Waals surface area contributed by atoms with Crippen LogP contribution in [-0.4, -0.2) is 33.8 Å². The van der Waals surface area contributed by atoms with Gasteiger partial charge in [0.2, 0.25) is 0 Å². The fourth-order valence-corrected chi connectivity index (χ4v) is 2.53. The molecule has 1 aliphatic rings. The van der Waals surface area contributed by atoms with E-state index in [2.05, 4.69) is 0 Å². The van der Waals surface area contributed by atoms with Crippen molar-refractivity contribution in [1.29, 1.82) is 0 Å². The molecule has 1 unspecified atom stereocenters. The maximum Gasteiger partial charge on any atom is 0.305 e. The first-order valence-electron chi connectivity index (χ1n) is 3.67. The topological polar surface area (TPSA) is 57.5 Å². The summed E-state index contributed by atoms with van der Waals surface area (Å²) in [5.41, 5.74) is 0. The predicted molar refractivity (Wildman–Crippen MR) is 43.7 cm³/mol. The van der Waals surface area contributed by atoms with Gasteiger partial charge in [0, 0.05) is 0 Å². The fourth-order valence-electron chi connectivity index (χ4n) is 1.20. The molecule has 11 heavy (non-hydrogen) atoms. The molecule has 0 spiro atoms. The van der Waals surface area contributed by atoms with Gasteiger partial charge in [-0.1, -0.05) is 0 Å². The molecular formula is C7H12O3S.